The second kappa shape index (κ2) is 9.64. The van der Waals surface area contributed by atoms with Gasteiger partial charge in [-0.2, -0.15) is 0 Å². The van der Waals surface area contributed by atoms with E-state index in [1.54, 1.807) is 24.3 Å². The summed E-state index contributed by atoms with van der Waals surface area (Å²) >= 11 is 0. The highest BCUT2D eigenvalue weighted by Crippen LogP contribution is 1.99. The molecule has 0 radical (unpaired) electrons. The molecule has 19 heavy (non-hydrogen) atoms. The molecule has 6 heteroatoms. The van der Waals surface area contributed by atoms with Gasteiger partial charge < -0.3 is 15.7 Å². The summed E-state index contributed by atoms with van der Waals surface area (Å²) in [4.78, 5) is 25.7. The maximum absolute atomic E-state index is 11.0. The van der Waals surface area contributed by atoms with E-state index in [4.69, 9.17) is 10.8 Å². The molecule has 0 aliphatic carbocycles. The Bertz CT molecular complexity index is 430. The first kappa shape index (κ1) is 16.6. The third-order valence-electron chi connectivity index (χ3n) is 1.86. The Balaban J connectivity index is 0.00000154. The summed E-state index contributed by atoms with van der Waals surface area (Å²) in [6.07, 6.45) is -0.527. The summed E-state index contributed by atoms with van der Waals surface area (Å²) in [5, 5.41) is 11.8. The molecule has 0 unspecified atom stereocenters. The largest absolute Gasteiger partial charge is 0.481 e. The highest BCUT2D eigenvalue weighted by atomic mass is 16.7. The molecule has 3 N–H and O–H groups in total. The first-order valence-electron chi connectivity index (χ1n) is 5.90. The second-order valence-electron chi connectivity index (χ2n) is 3.20. The van der Waals surface area contributed by atoms with Crippen LogP contribution >= 0.6 is 0 Å². The van der Waals surface area contributed by atoms with Crippen LogP contribution in [0.4, 0.5) is 0 Å². The van der Waals surface area contributed by atoms with Gasteiger partial charge in [0.2, 0.25) is 0 Å². The predicted octanol–water partition coefficient (Wildman–Crippen LogP) is 1.74. The molecule has 104 valence electrons. The minimum absolute atomic E-state index is 0.0641. The van der Waals surface area contributed by atoms with Crippen LogP contribution in [0.15, 0.2) is 35.5 Å². The Morgan fingerprint density at radius 2 is 1.79 bits per heavy atom. The van der Waals surface area contributed by atoms with Gasteiger partial charge in [0.15, 0.2) is 5.84 Å². The van der Waals surface area contributed by atoms with E-state index in [1.165, 1.54) is 0 Å². The number of carboxylic acids is 1. The fourth-order valence-electron chi connectivity index (χ4n) is 1.02. The zero-order valence-electron chi connectivity index (χ0n) is 11.0. The number of benzene rings is 1. The van der Waals surface area contributed by atoms with E-state index in [-0.39, 0.29) is 18.7 Å². The molecular weight excluding hydrogens is 248 g/mol. The van der Waals surface area contributed by atoms with Crippen molar-refractivity contribution >= 4 is 17.8 Å². The molecule has 6 nitrogen and oxygen atoms in total. The van der Waals surface area contributed by atoms with Crippen LogP contribution in [0.2, 0.25) is 0 Å². The number of carbonyl (C=O) groups is 2. The van der Waals surface area contributed by atoms with Gasteiger partial charge in [0.25, 0.3) is 0 Å². The van der Waals surface area contributed by atoms with Crippen LogP contribution < -0.4 is 5.73 Å². The monoisotopic (exact) mass is 266 g/mol. The second-order valence-corrected chi connectivity index (χ2v) is 3.20. The lowest BCUT2D eigenvalue weighted by Gasteiger charge is -1.99. The van der Waals surface area contributed by atoms with Gasteiger partial charge in [-0.1, -0.05) is 49.3 Å². The van der Waals surface area contributed by atoms with Crippen molar-refractivity contribution in [2.45, 2.75) is 26.7 Å². The standard InChI is InChI=1S/C11H12N2O4.C2H6/c12-11(8-4-2-1-3-5-8)13-17-10(16)7-6-9(14)15;1-2/h1-5H,6-7H2,(H2,12,13)(H,14,15);1-2H3. The minimum Gasteiger partial charge on any atom is -0.481 e. The molecular formula is C13H18N2O4. The van der Waals surface area contributed by atoms with Gasteiger partial charge in [-0.15, -0.1) is 0 Å². The average molecular weight is 266 g/mol. The van der Waals surface area contributed by atoms with Crippen LogP contribution in [0.25, 0.3) is 0 Å². The van der Waals surface area contributed by atoms with Crippen molar-refractivity contribution in [3.8, 4) is 0 Å². The number of carbonyl (C=O) groups excluding carboxylic acids is 1. The lowest BCUT2D eigenvalue weighted by Crippen LogP contribution is -2.15. The highest BCUT2D eigenvalue weighted by Gasteiger charge is 2.07. The van der Waals surface area contributed by atoms with Gasteiger partial charge in [0.1, 0.15) is 0 Å². The maximum Gasteiger partial charge on any atom is 0.335 e. The van der Waals surface area contributed by atoms with E-state index in [1.807, 2.05) is 19.9 Å². The van der Waals surface area contributed by atoms with Crippen molar-refractivity contribution in [2.24, 2.45) is 10.9 Å². The van der Waals surface area contributed by atoms with Crippen molar-refractivity contribution in [1.29, 1.82) is 0 Å². The lowest BCUT2D eigenvalue weighted by atomic mass is 10.2. The van der Waals surface area contributed by atoms with Gasteiger partial charge in [0.05, 0.1) is 12.8 Å². The number of nitrogens with two attached hydrogens (primary N) is 1. The Kier molecular flexibility index (Phi) is 8.44. The predicted molar refractivity (Wildman–Crippen MR) is 71.5 cm³/mol. The summed E-state index contributed by atoms with van der Waals surface area (Å²) in [6, 6.07) is 8.78. The molecule has 0 fully saturated rings. The van der Waals surface area contributed by atoms with E-state index in [0.29, 0.717) is 5.56 Å². The number of oxime groups is 1. The van der Waals surface area contributed by atoms with E-state index >= 15 is 0 Å². The Hall–Kier alpha value is -2.37. The van der Waals surface area contributed by atoms with Crippen LogP contribution in [-0.4, -0.2) is 22.9 Å². The van der Waals surface area contributed by atoms with Crippen LogP contribution in [-0.2, 0) is 14.4 Å². The molecule has 0 aliphatic rings. The highest BCUT2D eigenvalue weighted by molar-refractivity contribution is 5.97. The van der Waals surface area contributed by atoms with Crippen molar-refractivity contribution in [2.75, 3.05) is 0 Å². The van der Waals surface area contributed by atoms with E-state index in [2.05, 4.69) is 9.99 Å². The Morgan fingerprint density at radius 1 is 1.21 bits per heavy atom. The smallest absolute Gasteiger partial charge is 0.335 e. The van der Waals surface area contributed by atoms with Crippen molar-refractivity contribution in [1.82, 2.24) is 0 Å². The third kappa shape index (κ3) is 7.54. The van der Waals surface area contributed by atoms with Gasteiger partial charge in [-0.25, -0.2) is 4.79 Å². The number of nitrogens with zero attached hydrogens (tertiary/aromatic N) is 1. The van der Waals surface area contributed by atoms with Gasteiger partial charge in [-0.3, -0.25) is 4.79 Å². The molecule has 0 saturated heterocycles. The quantitative estimate of drug-likeness (QED) is 0.366. The molecule has 0 bridgehead atoms. The molecule has 1 aromatic carbocycles. The molecule has 0 amide bonds. The van der Waals surface area contributed by atoms with Gasteiger partial charge in [0, 0.05) is 5.56 Å². The SMILES string of the molecule is CC.N/C(=N\OC(=O)CCC(=O)O)c1ccccc1. The Labute approximate surface area is 111 Å². The number of rotatable bonds is 5. The van der Waals surface area contributed by atoms with Crippen LogP contribution in [0.5, 0.6) is 0 Å². The minimum atomic E-state index is -1.07. The van der Waals surface area contributed by atoms with Crippen molar-refractivity contribution in [3.63, 3.8) is 0 Å². The van der Waals surface area contributed by atoms with E-state index in [9.17, 15) is 9.59 Å². The first-order valence-corrected chi connectivity index (χ1v) is 5.90. The van der Waals surface area contributed by atoms with Crippen LogP contribution in [0.3, 0.4) is 0 Å². The summed E-state index contributed by atoms with van der Waals surface area (Å²) in [5.74, 6) is -1.73. The summed E-state index contributed by atoms with van der Waals surface area (Å²) in [6.45, 7) is 4.00. The number of amidine groups is 1. The fourth-order valence-corrected chi connectivity index (χ4v) is 1.02. The van der Waals surface area contributed by atoms with Crippen molar-refractivity contribution < 1.29 is 19.5 Å². The van der Waals surface area contributed by atoms with Crippen molar-refractivity contribution in [3.05, 3.63) is 35.9 Å². The molecule has 1 rings (SSSR count). The fraction of sp³-hybridized carbons (Fsp3) is 0.308. The molecule has 0 spiro atoms. The van der Waals surface area contributed by atoms with Crippen LogP contribution in [0, 0.1) is 0 Å². The average Bonchev–Trinajstić information content (AvgIpc) is 2.45. The molecule has 0 heterocycles. The number of carboxylic acid groups (broad SMARTS) is 1. The summed E-state index contributed by atoms with van der Waals surface area (Å²) < 4.78 is 0. The molecule has 0 atom stereocenters. The topological polar surface area (TPSA) is 102 Å². The molecule has 0 saturated carbocycles. The molecule has 0 aliphatic heterocycles. The number of hydrogen-bond donors (Lipinski definition) is 2. The van der Waals surface area contributed by atoms with E-state index < -0.39 is 11.9 Å². The normalized spacial score (nSPS) is 10.1. The van der Waals surface area contributed by atoms with Gasteiger partial charge in [-0.05, 0) is 0 Å². The van der Waals surface area contributed by atoms with Crippen LogP contribution in [0.1, 0.15) is 32.3 Å². The van der Waals surface area contributed by atoms with E-state index in [0.717, 1.165) is 0 Å². The summed E-state index contributed by atoms with van der Waals surface area (Å²) in [5.41, 5.74) is 6.18. The first-order chi connectivity index (χ1) is 9.09. The molecule has 0 aromatic heterocycles. The number of hydrogen-bond acceptors (Lipinski definition) is 4. The third-order valence-corrected chi connectivity index (χ3v) is 1.86. The summed E-state index contributed by atoms with van der Waals surface area (Å²) in [7, 11) is 0. The molecule has 1 aromatic rings. The zero-order valence-corrected chi connectivity index (χ0v) is 11.0. The van der Waals surface area contributed by atoms with Gasteiger partial charge >= 0.3 is 11.9 Å². The maximum atomic E-state index is 11.0. The Morgan fingerprint density at radius 3 is 2.32 bits per heavy atom. The zero-order chi connectivity index (χ0) is 14.7. The lowest BCUT2D eigenvalue weighted by molar-refractivity contribution is -0.147. The number of aliphatic carboxylic acids is 1.